The number of carbonyl (C=O) groups excluding carboxylic acids is 1. The van der Waals surface area contributed by atoms with Gasteiger partial charge in [-0.25, -0.2) is 4.79 Å². The number of ether oxygens (including phenoxy) is 2. The van der Waals surface area contributed by atoms with Gasteiger partial charge in [0.05, 0.1) is 42.3 Å². The second-order valence-electron chi connectivity index (χ2n) is 5.56. The van der Waals surface area contributed by atoms with Crippen molar-refractivity contribution < 1.29 is 14.3 Å². The van der Waals surface area contributed by atoms with Crippen LogP contribution in [0.3, 0.4) is 0 Å². The van der Waals surface area contributed by atoms with Crippen molar-refractivity contribution in [1.29, 1.82) is 0 Å². The van der Waals surface area contributed by atoms with Crippen LogP contribution >= 0.6 is 0 Å². The molecule has 1 saturated heterocycles. The number of hydrogen-bond acceptors (Lipinski definition) is 5. The van der Waals surface area contributed by atoms with Crippen LogP contribution in [0.15, 0.2) is 18.2 Å². The van der Waals surface area contributed by atoms with E-state index in [-0.39, 0.29) is 5.97 Å². The van der Waals surface area contributed by atoms with Gasteiger partial charge in [0.25, 0.3) is 0 Å². The van der Waals surface area contributed by atoms with Crippen molar-refractivity contribution in [3.05, 3.63) is 23.8 Å². The summed E-state index contributed by atoms with van der Waals surface area (Å²) in [4.78, 5) is 14.3. The van der Waals surface area contributed by atoms with Crippen molar-refractivity contribution in [2.45, 2.75) is 38.3 Å². The molecule has 5 nitrogen and oxygen atoms in total. The molecule has 2 aliphatic rings. The number of morpholine rings is 1. The number of hydrogen-bond donors (Lipinski definition) is 1. The molecule has 1 heterocycles. The van der Waals surface area contributed by atoms with Crippen LogP contribution in [0.1, 0.15) is 36.5 Å². The molecule has 2 N–H and O–H groups in total. The highest BCUT2D eigenvalue weighted by atomic mass is 16.5. The largest absolute Gasteiger partial charge is 0.462 e. The van der Waals surface area contributed by atoms with Crippen molar-refractivity contribution in [1.82, 2.24) is 0 Å². The molecule has 2 unspecified atom stereocenters. The van der Waals surface area contributed by atoms with Crippen molar-refractivity contribution in [3.8, 4) is 0 Å². The van der Waals surface area contributed by atoms with Crippen molar-refractivity contribution >= 4 is 17.3 Å². The third-order valence-corrected chi connectivity index (χ3v) is 4.37. The summed E-state index contributed by atoms with van der Waals surface area (Å²) < 4.78 is 10.9. The fourth-order valence-corrected chi connectivity index (χ4v) is 3.42. The zero-order valence-corrected chi connectivity index (χ0v) is 12.4. The smallest absolute Gasteiger partial charge is 0.340 e. The molecule has 1 saturated carbocycles. The lowest BCUT2D eigenvalue weighted by atomic mass is 10.1. The van der Waals surface area contributed by atoms with Crippen molar-refractivity contribution in [2.75, 3.05) is 30.4 Å². The van der Waals surface area contributed by atoms with Crippen molar-refractivity contribution in [2.24, 2.45) is 0 Å². The number of nitrogen functional groups attached to an aromatic ring is 1. The average molecular weight is 290 g/mol. The first kappa shape index (κ1) is 14.2. The topological polar surface area (TPSA) is 64.8 Å². The number of rotatable bonds is 3. The van der Waals surface area contributed by atoms with E-state index in [1.807, 2.05) is 12.1 Å². The van der Waals surface area contributed by atoms with Crippen LogP contribution in [0.25, 0.3) is 0 Å². The van der Waals surface area contributed by atoms with Gasteiger partial charge in [-0.05, 0) is 38.3 Å². The zero-order chi connectivity index (χ0) is 14.8. The lowest BCUT2D eigenvalue weighted by Gasteiger charge is -2.40. The normalized spacial score (nSPS) is 24.7. The minimum atomic E-state index is -0.354. The Balaban J connectivity index is 1.91. The molecule has 21 heavy (non-hydrogen) atoms. The molecular formula is C16H22N2O3. The second-order valence-corrected chi connectivity index (χ2v) is 5.56. The maximum absolute atomic E-state index is 12.0. The van der Waals surface area contributed by atoms with Gasteiger partial charge in [0, 0.05) is 6.54 Å². The first-order valence-corrected chi connectivity index (χ1v) is 7.66. The summed E-state index contributed by atoms with van der Waals surface area (Å²) >= 11 is 0. The third kappa shape index (κ3) is 2.58. The van der Waals surface area contributed by atoms with E-state index >= 15 is 0 Å². The Morgan fingerprint density at radius 2 is 2.33 bits per heavy atom. The highest BCUT2D eigenvalue weighted by Gasteiger charge is 2.37. The molecule has 1 aromatic rings. The molecule has 5 heteroatoms. The lowest BCUT2D eigenvalue weighted by Crippen LogP contribution is -2.49. The quantitative estimate of drug-likeness (QED) is 0.683. The molecule has 1 aliphatic heterocycles. The van der Waals surface area contributed by atoms with Gasteiger partial charge < -0.3 is 20.1 Å². The highest BCUT2D eigenvalue weighted by Crippen LogP contribution is 2.36. The summed E-state index contributed by atoms with van der Waals surface area (Å²) in [6.45, 7) is 3.68. The summed E-state index contributed by atoms with van der Waals surface area (Å²) in [6.07, 6.45) is 3.71. The Hall–Kier alpha value is -1.75. The Labute approximate surface area is 125 Å². The van der Waals surface area contributed by atoms with Crippen LogP contribution in [0.5, 0.6) is 0 Å². The number of nitrogens with two attached hydrogens (primary N) is 1. The highest BCUT2D eigenvalue weighted by molar-refractivity contribution is 5.98. The fourth-order valence-electron chi connectivity index (χ4n) is 3.42. The van der Waals surface area contributed by atoms with Gasteiger partial charge in [0.1, 0.15) is 0 Å². The van der Waals surface area contributed by atoms with Gasteiger partial charge >= 0.3 is 5.97 Å². The SMILES string of the molecule is CCOC(=O)c1cccc(N2CCOC3CCCC32)c1N. The summed E-state index contributed by atoms with van der Waals surface area (Å²) in [6, 6.07) is 5.96. The average Bonchev–Trinajstić information content (AvgIpc) is 2.96. The molecule has 0 aromatic heterocycles. The van der Waals surface area contributed by atoms with Gasteiger partial charge in [-0.1, -0.05) is 6.07 Å². The number of esters is 1. The van der Waals surface area contributed by atoms with E-state index < -0.39 is 0 Å². The Morgan fingerprint density at radius 3 is 3.14 bits per heavy atom. The van der Waals surface area contributed by atoms with Gasteiger partial charge in [0.15, 0.2) is 0 Å². The monoisotopic (exact) mass is 290 g/mol. The summed E-state index contributed by atoms with van der Waals surface area (Å²) in [7, 11) is 0. The van der Waals surface area contributed by atoms with Crippen LogP contribution < -0.4 is 10.6 Å². The van der Waals surface area contributed by atoms with Crippen LogP contribution in [0.4, 0.5) is 11.4 Å². The molecular weight excluding hydrogens is 268 g/mol. The number of nitrogens with zero attached hydrogens (tertiary/aromatic N) is 1. The first-order chi connectivity index (χ1) is 10.2. The van der Waals surface area contributed by atoms with E-state index in [0.29, 0.717) is 36.6 Å². The fraction of sp³-hybridized carbons (Fsp3) is 0.562. The Kier molecular flexibility index (Phi) is 4.01. The van der Waals surface area contributed by atoms with E-state index in [0.717, 1.165) is 25.1 Å². The predicted octanol–water partition coefficient (Wildman–Crippen LogP) is 2.20. The molecule has 114 valence electrons. The number of anilines is 2. The molecule has 2 atom stereocenters. The second kappa shape index (κ2) is 5.93. The van der Waals surface area contributed by atoms with Gasteiger partial charge in [0.2, 0.25) is 0 Å². The minimum absolute atomic E-state index is 0.296. The molecule has 0 spiro atoms. The van der Waals surface area contributed by atoms with E-state index in [1.165, 1.54) is 6.42 Å². The summed E-state index contributed by atoms with van der Waals surface area (Å²) in [5.41, 5.74) is 8.15. The maximum atomic E-state index is 12.0. The number of fused-ring (bicyclic) bond motifs is 1. The van der Waals surface area contributed by atoms with Crippen LogP contribution in [0.2, 0.25) is 0 Å². The van der Waals surface area contributed by atoms with E-state index in [4.69, 9.17) is 15.2 Å². The molecule has 1 aliphatic carbocycles. The number of carbonyl (C=O) groups is 1. The zero-order valence-electron chi connectivity index (χ0n) is 12.4. The molecule has 0 amide bonds. The molecule has 0 radical (unpaired) electrons. The van der Waals surface area contributed by atoms with Gasteiger partial charge in [-0.2, -0.15) is 0 Å². The predicted molar refractivity (Wildman–Crippen MR) is 81.5 cm³/mol. The Morgan fingerprint density at radius 1 is 1.48 bits per heavy atom. The minimum Gasteiger partial charge on any atom is -0.462 e. The molecule has 3 rings (SSSR count). The number of benzene rings is 1. The first-order valence-electron chi connectivity index (χ1n) is 7.66. The third-order valence-electron chi connectivity index (χ3n) is 4.37. The van der Waals surface area contributed by atoms with Gasteiger partial charge in [-0.3, -0.25) is 0 Å². The Bertz CT molecular complexity index is 532. The molecule has 1 aromatic carbocycles. The molecule has 0 bridgehead atoms. The van der Waals surface area contributed by atoms with E-state index in [9.17, 15) is 4.79 Å². The number of para-hydroxylation sites is 1. The summed E-state index contributed by atoms with van der Waals surface area (Å²) in [5.74, 6) is -0.354. The van der Waals surface area contributed by atoms with Crippen molar-refractivity contribution in [3.63, 3.8) is 0 Å². The van der Waals surface area contributed by atoms with Gasteiger partial charge in [-0.15, -0.1) is 0 Å². The van der Waals surface area contributed by atoms with E-state index in [1.54, 1.807) is 13.0 Å². The van der Waals surface area contributed by atoms with E-state index in [2.05, 4.69) is 4.90 Å². The maximum Gasteiger partial charge on any atom is 0.340 e. The van der Waals surface area contributed by atoms with Crippen LogP contribution in [-0.2, 0) is 9.47 Å². The molecule has 2 fully saturated rings. The van der Waals surface area contributed by atoms with Crippen LogP contribution in [-0.4, -0.2) is 37.9 Å². The van der Waals surface area contributed by atoms with Crippen LogP contribution in [0, 0.1) is 0 Å². The lowest BCUT2D eigenvalue weighted by molar-refractivity contribution is 0.0257. The standard InChI is InChI=1S/C16H22N2O3/c1-2-20-16(19)11-5-3-7-13(15(11)17)18-9-10-21-14-8-4-6-12(14)18/h3,5,7,12,14H,2,4,6,8-10,17H2,1H3. The summed E-state index contributed by atoms with van der Waals surface area (Å²) in [5, 5.41) is 0.